The quantitative estimate of drug-likeness (QED) is 0.799. The van der Waals surface area contributed by atoms with E-state index >= 15 is 0 Å². The molecule has 2 aromatic carbocycles. The number of hydrogen-bond donors (Lipinski definition) is 1. The number of ether oxygens (including phenoxy) is 1. The second-order valence-electron chi connectivity index (χ2n) is 5.63. The van der Waals surface area contributed by atoms with Crippen molar-refractivity contribution in [2.75, 3.05) is 0 Å². The van der Waals surface area contributed by atoms with E-state index in [1.807, 2.05) is 19.1 Å². The monoisotopic (exact) mass is 345 g/mol. The number of carbonyl (C=O) groups is 2. The van der Waals surface area contributed by atoms with Crippen molar-refractivity contribution in [2.45, 2.75) is 32.9 Å². The molecule has 0 bridgehead atoms. The largest absolute Gasteiger partial charge is 0.481 e. The van der Waals surface area contributed by atoms with Crippen LogP contribution in [0.25, 0.3) is 0 Å². The van der Waals surface area contributed by atoms with E-state index in [1.54, 1.807) is 43.3 Å². The highest BCUT2D eigenvalue weighted by Gasteiger charge is 2.18. The second-order valence-corrected chi connectivity index (χ2v) is 6.06. The van der Waals surface area contributed by atoms with Crippen LogP contribution < -0.4 is 10.1 Å². The van der Waals surface area contributed by atoms with Gasteiger partial charge in [0.25, 0.3) is 5.91 Å². The van der Waals surface area contributed by atoms with Crippen LogP contribution in [0, 0.1) is 0 Å². The molecule has 2 rings (SSSR count). The Balaban J connectivity index is 1.98. The van der Waals surface area contributed by atoms with Crippen LogP contribution >= 0.6 is 11.6 Å². The van der Waals surface area contributed by atoms with Crippen LogP contribution in [0.15, 0.2) is 48.5 Å². The van der Waals surface area contributed by atoms with E-state index in [-0.39, 0.29) is 17.7 Å². The Bertz CT molecular complexity index is 728. The van der Waals surface area contributed by atoms with Gasteiger partial charge in [-0.15, -0.1) is 0 Å². The molecular formula is C19H20ClNO3. The number of carbonyl (C=O) groups excluding carboxylic acids is 2. The number of ketones is 1. The van der Waals surface area contributed by atoms with Crippen LogP contribution in [0.5, 0.6) is 5.75 Å². The molecule has 2 atom stereocenters. The number of benzene rings is 2. The fourth-order valence-corrected chi connectivity index (χ4v) is 2.34. The van der Waals surface area contributed by atoms with Crippen molar-refractivity contribution in [3.8, 4) is 5.75 Å². The van der Waals surface area contributed by atoms with Crippen molar-refractivity contribution < 1.29 is 14.3 Å². The van der Waals surface area contributed by atoms with Gasteiger partial charge in [0.2, 0.25) is 0 Å². The molecule has 1 N–H and O–H groups in total. The Morgan fingerprint density at radius 3 is 2.38 bits per heavy atom. The maximum absolute atomic E-state index is 12.3. The van der Waals surface area contributed by atoms with Gasteiger partial charge >= 0.3 is 0 Å². The summed E-state index contributed by atoms with van der Waals surface area (Å²) in [5.41, 5.74) is 1.51. The highest BCUT2D eigenvalue weighted by atomic mass is 35.5. The lowest BCUT2D eigenvalue weighted by Crippen LogP contribution is -2.37. The summed E-state index contributed by atoms with van der Waals surface area (Å²) in [6, 6.07) is 13.9. The molecule has 2 aromatic rings. The summed E-state index contributed by atoms with van der Waals surface area (Å²) in [7, 11) is 0. The fraction of sp³-hybridized carbons (Fsp3) is 0.263. The molecule has 126 valence electrons. The van der Waals surface area contributed by atoms with E-state index in [9.17, 15) is 9.59 Å². The van der Waals surface area contributed by atoms with Gasteiger partial charge in [0.05, 0.1) is 6.04 Å². The van der Waals surface area contributed by atoms with Gasteiger partial charge in [-0.3, -0.25) is 9.59 Å². The third-order valence-corrected chi connectivity index (χ3v) is 3.90. The van der Waals surface area contributed by atoms with Gasteiger partial charge in [0, 0.05) is 10.6 Å². The van der Waals surface area contributed by atoms with E-state index in [2.05, 4.69) is 5.32 Å². The van der Waals surface area contributed by atoms with Crippen LogP contribution in [0.4, 0.5) is 0 Å². The summed E-state index contributed by atoms with van der Waals surface area (Å²) in [6.07, 6.45) is -0.679. The topological polar surface area (TPSA) is 55.4 Å². The number of nitrogens with one attached hydrogen (secondary N) is 1. The molecule has 4 nitrogen and oxygen atoms in total. The van der Waals surface area contributed by atoms with Crippen LogP contribution in [0.2, 0.25) is 5.02 Å². The predicted octanol–water partition coefficient (Wildman–Crippen LogP) is 4.19. The van der Waals surface area contributed by atoms with Gasteiger partial charge in [-0.1, -0.05) is 35.9 Å². The maximum Gasteiger partial charge on any atom is 0.261 e. The Labute approximate surface area is 146 Å². The Morgan fingerprint density at radius 1 is 1.08 bits per heavy atom. The van der Waals surface area contributed by atoms with Gasteiger partial charge in [-0.2, -0.15) is 0 Å². The molecule has 0 aromatic heterocycles. The molecule has 0 heterocycles. The van der Waals surface area contributed by atoms with Gasteiger partial charge in [-0.05, 0) is 50.6 Å². The number of amides is 1. The Hall–Kier alpha value is -2.33. The van der Waals surface area contributed by atoms with Crippen LogP contribution in [-0.2, 0) is 4.79 Å². The zero-order valence-corrected chi connectivity index (χ0v) is 14.6. The SMILES string of the molecule is CC(=O)c1cccc(OC(C)C(=O)NC(C)c2ccc(Cl)cc2)c1. The smallest absolute Gasteiger partial charge is 0.261 e. The molecule has 1 amide bonds. The third kappa shape index (κ3) is 4.83. The van der Waals surface area contributed by atoms with Crippen LogP contribution in [-0.4, -0.2) is 17.8 Å². The molecule has 2 unspecified atom stereocenters. The van der Waals surface area contributed by atoms with Crippen LogP contribution in [0.3, 0.4) is 0 Å². The first kappa shape index (κ1) is 18.0. The molecule has 0 aliphatic rings. The molecule has 0 fully saturated rings. The first-order valence-corrected chi connectivity index (χ1v) is 8.08. The number of hydrogen-bond acceptors (Lipinski definition) is 3. The lowest BCUT2D eigenvalue weighted by Gasteiger charge is -2.19. The Morgan fingerprint density at radius 2 is 1.75 bits per heavy atom. The first-order chi connectivity index (χ1) is 11.4. The van der Waals surface area contributed by atoms with Crippen molar-refractivity contribution in [2.24, 2.45) is 0 Å². The molecule has 0 aliphatic carbocycles. The maximum atomic E-state index is 12.3. The lowest BCUT2D eigenvalue weighted by molar-refractivity contribution is -0.127. The summed E-state index contributed by atoms with van der Waals surface area (Å²) in [4.78, 5) is 23.7. The number of rotatable bonds is 6. The van der Waals surface area contributed by atoms with Crippen molar-refractivity contribution in [3.05, 3.63) is 64.7 Å². The van der Waals surface area contributed by atoms with E-state index in [0.29, 0.717) is 16.3 Å². The molecule has 24 heavy (non-hydrogen) atoms. The second kappa shape index (κ2) is 7.97. The normalized spacial score (nSPS) is 13.0. The van der Waals surface area contributed by atoms with Gasteiger partial charge in [0.15, 0.2) is 11.9 Å². The molecular weight excluding hydrogens is 326 g/mol. The summed E-state index contributed by atoms with van der Waals surface area (Å²) in [5, 5.41) is 3.55. The van der Waals surface area contributed by atoms with Crippen molar-refractivity contribution in [3.63, 3.8) is 0 Å². The average Bonchev–Trinajstić information content (AvgIpc) is 2.55. The zero-order valence-electron chi connectivity index (χ0n) is 13.9. The number of Topliss-reactive ketones (excluding diaryl/α,β-unsaturated/α-hetero) is 1. The summed E-state index contributed by atoms with van der Waals surface area (Å²) < 4.78 is 5.64. The first-order valence-electron chi connectivity index (χ1n) is 7.70. The molecule has 0 spiro atoms. The summed E-state index contributed by atoms with van der Waals surface area (Å²) in [5.74, 6) is 0.212. The number of halogens is 1. The summed E-state index contributed by atoms with van der Waals surface area (Å²) in [6.45, 7) is 5.05. The Kier molecular flexibility index (Phi) is 5.99. The predicted molar refractivity (Wildman–Crippen MR) is 94.5 cm³/mol. The molecule has 0 radical (unpaired) electrons. The molecule has 0 saturated heterocycles. The highest BCUT2D eigenvalue weighted by Crippen LogP contribution is 2.18. The minimum Gasteiger partial charge on any atom is -0.481 e. The average molecular weight is 346 g/mol. The zero-order chi connectivity index (χ0) is 17.7. The molecule has 0 aliphatic heterocycles. The minimum absolute atomic E-state index is 0.0473. The standard InChI is InChI=1S/C19H20ClNO3/c1-12(15-7-9-17(20)10-8-15)21-19(23)14(3)24-18-6-4-5-16(11-18)13(2)22/h4-12,14H,1-3H3,(H,21,23). The van der Waals surface area contributed by atoms with Crippen LogP contribution in [0.1, 0.15) is 42.7 Å². The van der Waals surface area contributed by atoms with Gasteiger partial charge in [-0.25, -0.2) is 0 Å². The van der Waals surface area contributed by atoms with E-state index in [1.165, 1.54) is 6.92 Å². The third-order valence-electron chi connectivity index (χ3n) is 3.65. The highest BCUT2D eigenvalue weighted by molar-refractivity contribution is 6.30. The minimum atomic E-state index is -0.679. The fourth-order valence-electron chi connectivity index (χ4n) is 2.21. The van der Waals surface area contributed by atoms with E-state index < -0.39 is 6.10 Å². The van der Waals surface area contributed by atoms with Crippen molar-refractivity contribution >= 4 is 23.3 Å². The molecule has 5 heteroatoms. The van der Waals surface area contributed by atoms with Crippen molar-refractivity contribution in [1.82, 2.24) is 5.32 Å². The van der Waals surface area contributed by atoms with E-state index in [0.717, 1.165) is 5.56 Å². The lowest BCUT2D eigenvalue weighted by atomic mass is 10.1. The van der Waals surface area contributed by atoms with Crippen molar-refractivity contribution in [1.29, 1.82) is 0 Å². The van der Waals surface area contributed by atoms with Gasteiger partial charge < -0.3 is 10.1 Å². The van der Waals surface area contributed by atoms with E-state index in [4.69, 9.17) is 16.3 Å². The van der Waals surface area contributed by atoms with Gasteiger partial charge in [0.1, 0.15) is 5.75 Å². The summed E-state index contributed by atoms with van der Waals surface area (Å²) >= 11 is 5.87. The molecule has 0 saturated carbocycles.